The lowest BCUT2D eigenvalue weighted by atomic mass is 9.97. The Morgan fingerprint density at radius 2 is 2.17 bits per heavy atom. The topological polar surface area (TPSA) is 59.4 Å². The van der Waals surface area contributed by atoms with Crippen LogP contribution in [0.3, 0.4) is 0 Å². The number of carbonyl (C=O) groups is 1. The van der Waals surface area contributed by atoms with Gasteiger partial charge in [0.1, 0.15) is 11.6 Å². The van der Waals surface area contributed by atoms with Gasteiger partial charge in [0.25, 0.3) is 0 Å². The van der Waals surface area contributed by atoms with Gasteiger partial charge in [-0.25, -0.2) is 9.78 Å². The van der Waals surface area contributed by atoms with Crippen molar-refractivity contribution >= 4 is 11.7 Å². The van der Waals surface area contributed by atoms with Crippen LogP contribution in [-0.2, 0) is 6.54 Å². The highest BCUT2D eigenvalue weighted by Gasteiger charge is 2.27. The van der Waals surface area contributed by atoms with Crippen molar-refractivity contribution in [2.24, 2.45) is 0 Å². The van der Waals surface area contributed by atoms with Crippen LogP contribution in [0.2, 0.25) is 0 Å². The third-order valence-electron chi connectivity index (χ3n) is 4.50. The number of amides is 2. The Morgan fingerprint density at radius 3 is 2.88 bits per heavy atom. The lowest BCUT2D eigenvalue weighted by Gasteiger charge is -2.32. The van der Waals surface area contributed by atoms with E-state index in [1.54, 1.807) is 7.11 Å². The normalized spacial score (nSPS) is 17.6. The van der Waals surface area contributed by atoms with Crippen LogP contribution >= 0.6 is 0 Å². The predicted octanol–water partition coefficient (Wildman–Crippen LogP) is 3.32. The van der Waals surface area contributed by atoms with Gasteiger partial charge in [-0.05, 0) is 44.0 Å². The molecule has 1 atom stereocenters. The monoisotopic (exact) mass is 328 g/mol. The predicted molar refractivity (Wildman–Crippen MR) is 93.5 cm³/mol. The fourth-order valence-corrected chi connectivity index (χ4v) is 3.20. The number of urea groups is 1. The van der Waals surface area contributed by atoms with Gasteiger partial charge in [-0.3, -0.25) is 0 Å². The second-order valence-corrected chi connectivity index (χ2v) is 6.02. The lowest BCUT2D eigenvalue weighted by molar-refractivity contribution is 0.190. The van der Waals surface area contributed by atoms with Crippen LogP contribution in [-0.4, -0.2) is 40.7 Å². The van der Waals surface area contributed by atoms with Crippen molar-refractivity contribution in [2.45, 2.75) is 32.2 Å². The summed E-state index contributed by atoms with van der Waals surface area (Å²) < 4.78 is 7.30. The zero-order valence-corrected chi connectivity index (χ0v) is 14.2. The van der Waals surface area contributed by atoms with E-state index in [2.05, 4.69) is 21.8 Å². The second-order valence-electron chi connectivity index (χ2n) is 6.02. The molecule has 1 N–H and O–H groups in total. The maximum absolute atomic E-state index is 12.5. The van der Waals surface area contributed by atoms with E-state index in [9.17, 15) is 4.79 Å². The number of likely N-dealkylation sites (tertiary alicyclic amines) is 1. The second kappa shape index (κ2) is 7.38. The van der Waals surface area contributed by atoms with E-state index >= 15 is 0 Å². The molecule has 1 aromatic heterocycles. The van der Waals surface area contributed by atoms with Crippen molar-refractivity contribution in [3.8, 4) is 5.75 Å². The van der Waals surface area contributed by atoms with E-state index < -0.39 is 0 Å². The summed E-state index contributed by atoms with van der Waals surface area (Å²) in [5.41, 5.74) is 0.776. The Morgan fingerprint density at radius 1 is 1.38 bits per heavy atom. The highest BCUT2D eigenvalue weighted by molar-refractivity contribution is 5.89. The zero-order chi connectivity index (χ0) is 16.9. The number of carbonyl (C=O) groups excluding carboxylic acids is 1. The fourth-order valence-electron chi connectivity index (χ4n) is 3.20. The van der Waals surface area contributed by atoms with E-state index in [4.69, 9.17) is 4.74 Å². The summed E-state index contributed by atoms with van der Waals surface area (Å²) in [7, 11) is 1.63. The Balaban J connectivity index is 1.64. The molecule has 0 bridgehead atoms. The molecule has 0 spiro atoms. The smallest absolute Gasteiger partial charge is 0.321 e. The van der Waals surface area contributed by atoms with Gasteiger partial charge < -0.3 is 19.5 Å². The maximum Gasteiger partial charge on any atom is 0.321 e. The quantitative estimate of drug-likeness (QED) is 0.936. The minimum atomic E-state index is -0.0560. The number of nitrogens with one attached hydrogen (secondary N) is 1. The molecule has 128 valence electrons. The number of aromatic nitrogens is 2. The number of benzene rings is 1. The molecule has 0 aliphatic carbocycles. The molecule has 1 saturated heterocycles. The summed E-state index contributed by atoms with van der Waals surface area (Å²) in [6.45, 7) is 4.51. The van der Waals surface area contributed by atoms with Gasteiger partial charge >= 0.3 is 6.03 Å². The highest BCUT2D eigenvalue weighted by Crippen LogP contribution is 2.26. The van der Waals surface area contributed by atoms with Crippen molar-refractivity contribution in [1.82, 2.24) is 14.5 Å². The molecule has 1 fully saturated rings. The Bertz CT molecular complexity index is 681. The molecule has 1 aliphatic rings. The molecule has 0 saturated carbocycles. The molecule has 0 unspecified atom stereocenters. The summed E-state index contributed by atoms with van der Waals surface area (Å²) >= 11 is 0. The number of aryl methyl sites for hydroxylation is 1. The SMILES string of the molecule is CCn1ccnc1[C@@H]1CCCN(C(=O)Nc2ccc(OC)cc2)C1. The van der Waals surface area contributed by atoms with Gasteiger partial charge in [0.15, 0.2) is 0 Å². The van der Waals surface area contributed by atoms with E-state index in [1.165, 1.54) is 0 Å². The van der Waals surface area contributed by atoms with Gasteiger partial charge in [-0.2, -0.15) is 0 Å². The third-order valence-corrected chi connectivity index (χ3v) is 4.50. The van der Waals surface area contributed by atoms with Crippen molar-refractivity contribution in [3.05, 3.63) is 42.5 Å². The van der Waals surface area contributed by atoms with Crippen LogP contribution in [0.25, 0.3) is 0 Å². The molecule has 2 aromatic rings. The van der Waals surface area contributed by atoms with Crippen LogP contribution in [0.4, 0.5) is 10.5 Å². The number of methoxy groups -OCH3 is 1. The molecule has 6 nitrogen and oxygen atoms in total. The van der Waals surface area contributed by atoms with E-state index in [0.29, 0.717) is 12.5 Å². The first-order valence-electron chi connectivity index (χ1n) is 8.42. The van der Waals surface area contributed by atoms with Crippen molar-refractivity contribution in [3.63, 3.8) is 0 Å². The Kier molecular flexibility index (Phi) is 5.03. The highest BCUT2D eigenvalue weighted by atomic mass is 16.5. The molecule has 6 heteroatoms. The lowest BCUT2D eigenvalue weighted by Crippen LogP contribution is -2.42. The summed E-state index contributed by atoms with van der Waals surface area (Å²) in [5.74, 6) is 2.16. The number of hydrogen-bond donors (Lipinski definition) is 1. The molecule has 1 aliphatic heterocycles. The minimum Gasteiger partial charge on any atom is -0.497 e. The molecule has 0 radical (unpaired) electrons. The van der Waals surface area contributed by atoms with Gasteiger partial charge in [0.2, 0.25) is 0 Å². The standard InChI is InChI=1S/C18H24N4O2/c1-3-21-12-10-19-17(21)14-5-4-11-22(13-14)18(23)20-15-6-8-16(24-2)9-7-15/h6-10,12,14H,3-5,11,13H2,1-2H3,(H,20,23)/t14-/m1/s1. The largest absolute Gasteiger partial charge is 0.497 e. The van der Waals surface area contributed by atoms with Crippen LogP contribution in [0, 0.1) is 0 Å². The van der Waals surface area contributed by atoms with Crippen molar-refractivity contribution in [2.75, 3.05) is 25.5 Å². The van der Waals surface area contributed by atoms with E-state index in [-0.39, 0.29) is 6.03 Å². The number of anilines is 1. The van der Waals surface area contributed by atoms with Crippen LogP contribution in [0.1, 0.15) is 31.5 Å². The molecule has 1 aromatic carbocycles. The first kappa shape index (κ1) is 16.4. The van der Waals surface area contributed by atoms with Gasteiger partial charge in [0, 0.05) is 43.6 Å². The third kappa shape index (κ3) is 3.53. The number of hydrogen-bond acceptors (Lipinski definition) is 3. The van der Waals surface area contributed by atoms with Gasteiger partial charge in [-0.15, -0.1) is 0 Å². The fraction of sp³-hybridized carbons (Fsp3) is 0.444. The number of imidazole rings is 1. The molecule has 2 heterocycles. The number of nitrogens with zero attached hydrogens (tertiary/aromatic N) is 3. The number of rotatable bonds is 4. The summed E-state index contributed by atoms with van der Waals surface area (Å²) in [5, 5.41) is 2.96. The average molecular weight is 328 g/mol. The van der Waals surface area contributed by atoms with Crippen LogP contribution < -0.4 is 10.1 Å². The van der Waals surface area contributed by atoms with Crippen LogP contribution in [0.5, 0.6) is 5.75 Å². The first-order valence-corrected chi connectivity index (χ1v) is 8.42. The average Bonchev–Trinajstić information content (AvgIpc) is 3.11. The zero-order valence-electron chi connectivity index (χ0n) is 14.2. The molecular weight excluding hydrogens is 304 g/mol. The number of ether oxygens (including phenoxy) is 1. The molecule has 2 amide bonds. The Hall–Kier alpha value is -2.50. The molecule has 3 rings (SSSR count). The molecular formula is C18H24N4O2. The summed E-state index contributed by atoms with van der Waals surface area (Å²) in [6, 6.07) is 7.32. The minimum absolute atomic E-state index is 0.0560. The first-order chi connectivity index (χ1) is 11.7. The van der Waals surface area contributed by atoms with Gasteiger partial charge in [0.05, 0.1) is 7.11 Å². The van der Waals surface area contributed by atoms with Crippen molar-refractivity contribution < 1.29 is 9.53 Å². The van der Waals surface area contributed by atoms with Crippen molar-refractivity contribution in [1.29, 1.82) is 0 Å². The van der Waals surface area contributed by atoms with E-state index in [1.807, 2.05) is 41.6 Å². The number of piperidine rings is 1. The summed E-state index contributed by atoms with van der Waals surface area (Å²) in [4.78, 5) is 18.9. The van der Waals surface area contributed by atoms with Gasteiger partial charge in [-0.1, -0.05) is 0 Å². The Labute approximate surface area is 142 Å². The summed E-state index contributed by atoms with van der Waals surface area (Å²) in [6.07, 6.45) is 5.92. The maximum atomic E-state index is 12.5. The van der Waals surface area contributed by atoms with Crippen LogP contribution in [0.15, 0.2) is 36.7 Å². The van der Waals surface area contributed by atoms with E-state index in [0.717, 1.165) is 43.2 Å². The molecule has 24 heavy (non-hydrogen) atoms.